The lowest BCUT2D eigenvalue weighted by Gasteiger charge is -2.39. The molecule has 1 nitrogen and oxygen atoms in total. The fraction of sp³-hybridized carbons (Fsp3) is 0.769. The van der Waals surface area contributed by atoms with E-state index in [9.17, 15) is 5.11 Å². The van der Waals surface area contributed by atoms with Crippen molar-refractivity contribution >= 4 is 0 Å². The van der Waals surface area contributed by atoms with Crippen LogP contribution in [0, 0.1) is 22.7 Å². The highest BCUT2D eigenvalue weighted by Gasteiger charge is 2.44. The van der Waals surface area contributed by atoms with Crippen molar-refractivity contribution in [2.24, 2.45) is 22.7 Å². The van der Waals surface area contributed by atoms with Crippen LogP contribution in [0.15, 0.2) is 18.2 Å². The summed E-state index contributed by atoms with van der Waals surface area (Å²) in [6.07, 6.45) is 13.1. The van der Waals surface area contributed by atoms with Crippen LogP contribution in [0.1, 0.15) is 109 Å². The van der Waals surface area contributed by atoms with E-state index in [0.29, 0.717) is 22.5 Å². The number of phenolic OH excluding ortho intramolecular Hbond substituents is 1. The van der Waals surface area contributed by atoms with Gasteiger partial charge in [-0.1, -0.05) is 47.1 Å². The van der Waals surface area contributed by atoms with Crippen molar-refractivity contribution in [2.45, 2.75) is 105 Å². The molecule has 1 aromatic rings. The number of benzene rings is 1. The van der Waals surface area contributed by atoms with E-state index >= 15 is 0 Å². The Labute approximate surface area is 168 Å². The lowest BCUT2D eigenvalue weighted by Crippen LogP contribution is -2.29. The maximum absolute atomic E-state index is 10.1. The van der Waals surface area contributed by atoms with Gasteiger partial charge in [0.05, 0.1) is 0 Å². The molecule has 2 aliphatic carbocycles. The van der Waals surface area contributed by atoms with Crippen LogP contribution in [0.3, 0.4) is 0 Å². The highest BCUT2D eigenvalue weighted by atomic mass is 16.3. The van der Waals surface area contributed by atoms with E-state index in [-0.39, 0.29) is 0 Å². The van der Waals surface area contributed by atoms with Crippen LogP contribution in [0.2, 0.25) is 0 Å². The fourth-order valence-corrected chi connectivity index (χ4v) is 6.48. The largest absolute Gasteiger partial charge is 0.508 e. The molecule has 1 N–H and O–H groups in total. The van der Waals surface area contributed by atoms with Gasteiger partial charge in [-0.2, -0.15) is 0 Å². The van der Waals surface area contributed by atoms with E-state index < -0.39 is 0 Å². The van der Waals surface area contributed by atoms with Gasteiger partial charge in [-0.15, -0.1) is 0 Å². The summed E-state index contributed by atoms with van der Waals surface area (Å²) in [6.45, 7) is 12.3. The number of phenols is 1. The molecular formula is C26H42O. The zero-order valence-electron chi connectivity index (χ0n) is 18.5. The van der Waals surface area contributed by atoms with Crippen LogP contribution >= 0.6 is 0 Å². The minimum Gasteiger partial charge on any atom is -0.508 e. The van der Waals surface area contributed by atoms with Crippen LogP contribution in [0.5, 0.6) is 5.75 Å². The van der Waals surface area contributed by atoms with E-state index in [1.165, 1.54) is 68.9 Å². The molecule has 1 saturated carbocycles. The predicted molar refractivity (Wildman–Crippen MR) is 116 cm³/mol. The first-order valence-corrected chi connectivity index (χ1v) is 11.6. The Hall–Kier alpha value is -0.980. The van der Waals surface area contributed by atoms with E-state index in [2.05, 4.69) is 46.8 Å². The number of aryl methyl sites for hydroxylation is 1. The molecule has 1 aromatic carbocycles. The van der Waals surface area contributed by atoms with Crippen molar-refractivity contribution < 1.29 is 5.11 Å². The van der Waals surface area contributed by atoms with Gasteiger partial charge < -0.3 is 5.11 Å². The van der Waals surface area contributed by atoms with Crippen LogP contribution in [0.4, 0.5) is 0 Å². The monoisotopic (exact) mass is 370 g/mol. The third kappa shape index (κ3) is 4.54. The number of rotatable bonds is 4. The van der Waals surface area contributed by atoms with Crippen LogP contribution in [-0.2, 0) is 6.42 Å². The minimum absolute atomic E-state index is 0.389. The molecular weight excluding hydrogens is 328 g/mol. The van der Waals surface area contributed by atoms with Crippen LogP contribution in [0.25, 0.3) is 0 Å². The van der Waals surface area contributed by atoms with Gasteiger partial charge in [0.1, 0.15) is 5.75 Å². The summed E-state index contributed by atoms with van der Waals surface area (Å²) in [5, 5.41) is 10.1. The second kappa shape index (κ2) is 8.18. The highest BCUT2D eigenvalue weighted by Crippen LogP contribution is 2.54. The molecule has 0 radical (unpaired) electrons. The Kier molecular flexibility index (Phi) is 6.28. The predicted octanol–water partition coefficient (Wildman–Crippen LogP) is 7.86. The molecule has 4 atom stereocenters. The maximum atomic E-state index is 10.1. The summed E-state index contributed by atoms with van der Waals surface area (Å²) in [7, 11) is 0. The summed E-state index contributed by atoms with van der Waals surface area (Å²) >= 11 is 0. The molecule has 2 aliphatic rings. The van der Waals surface area contributed by atoms with E-state index in [4.69, 9.17) is 0 Å². The number of hydrogen-bond donors (Lipinski definition) is 1. The van der Waals surface area contributed by atoms with Gasteiger partial charge in [-0.25, -0.2) is 0 Å². The molecule has 0 aliphatic heterocycles. The third-order valence-electron chi connectivity index (χ3n) is 8.33. The number of hydrogen-bond acceptors (Lipinski definition) is 1. The normalized spacial score (nSPS) is 32.0. The first kappa shape index (κ1) is 20.7. The van der Waals surface area contributed by atoms with Crippen molar-refractivity contribution in [2.75, 3.05) is 0 Å². The number of fused-ring (bicyclic) bond motifs is 2. The molecule has 0 aromatic heterocycles. The number of aromatic hydroxyl groups is 1. The Balaban J connectivity index is 1.93. The van der Waals surface area contributed by atoms with E-state index in [1.54, 1.807) is 0 Å². The molecule has 0 spiro atoms. The van der Waals surface area contributed by atoms with Crippen LogP contribution in [-0.4, -0.2) is 5.11 Å². The van der Waals surface area contributed by atoms with Gasteiger partial charge in [0.25, 0.3) is 0 Å². The van der Waals surface area contributed by atoms with Gasteiger partial charge in [0, 0.05) is 0 Å². The van der Waals surface area contributed by atoms with Crippen molar-refractivity contribution in [1.82, 2.24) is 0 Å². The SMILES string of the molecule is CCCC(C)(C)CC1CCC2(C)C(C)CCC2CCCc2cc(O)ccc21. The average Bonchev–Trinajstić information content (AvgIpc) is 2.87. The second-order valence-corrected chi connectivity index (χ2v) is 10.8. The lowest BCUT2D eigenvalue weighted by molar-refractivity contribution is 0.129. The molecule has 27 heavy (non-hydrogen) atoms. The molecule has 1 heteroatoms. The topological polar surface area (TPSA) is 20.2 Å². The summed E-state index contributed by atoms with van der Waals surface area (Å²) in [5.74, 6) is 2.84. The van der Waals surface area contributed by atoms with Gasteiger partial charge in [0.15, 0.2) is 0 Å². The molecule has 0 bridgehead atoms. The van der Waals surface area contributed by atoms with Crippen molar-refractivity contribution in [3.05, 3.63) is 29.3 Å². The summed E-state index contributed by atoms with van der Waals surface area (Å²) < 4.78 is 0. The second-order valence-electron chi connectivity index (χ2n) is 10.8. The Morgan fingerprint density at radius 1 is 1.15 bits per heavy atom. The van der Waals surface area contributed by atoms with Gasteiger partial charge >= 0.3 is 0 Å². The smallest absolute Gasteiger partial charge is 0.115 e. The van der Waals surface area contributed by atoms with Crippen molar-refractivity contribution in [1.29, 1.82) is 0 Å². The lowest BCUT2D eigenvalue weighted by atomic mass is 9.65. The summed E-state index contributed by atoms with van der Waals surface area (Å²) in [5.41, 5.74) is 3.87. The quantitative estimate of drug-likeness (QED) is 0.572. The zero-order valence-corrected chi connectivity index (χ0v) is 18.5. The summed E-state index contributed by atoms with van der Waals surface area (Å²) in [4.78, 5) is 0. The standard InChI is InChI=1S/C26H42O/c1-6-15-25(3,4)18-21-14-16-26(5)19(2)10-11-22(26)9-7-8-20-17-23(27)12-13-24(20)21/h12-13,17,19,21-22,27H,6-11,14-16,18H2,1-5H3. The van der Waals surface area contributed by atoms with Crippen molar-refractivity contribution in [3.63, 3.8) is 0 Å². The van der Waals surface area contributed by atoms with Gasteiger partial charge in [-0.3, -0.25) is 0 Å². The van der Waals surface area contributed by atoms with E-state index in [0.717, 1.165) is 18.3 Å². The fourth-order valence-electron chi connectivity index (χ4n) is 6.48. The molecule has 4 unspecified atom stereocenters. The zero-order chi connectivity index (χ0) is 19.7. The minimum atomic E-state index is 0.389. The molecule has 3 rings (SSSR count). The van der Waals surface area contributed by atoms with Gasteiger partial charge in [-0.05, 0) is 110 Å². The van der Waals surface area contributed by atoms with Crippen molar-refractivity contribution in [3.8, 4) is 5.75 Å². The maximum Gasteiger partial charge on any atom is 0.115 e. The molecule has 0 amide bonds. The molecule has 152 valence electrons. The third-order valence-corrected chi connectivity index (χ3v) is 8.33. The van der Waals surface area contributed by atoms with Gasteiger partial charge in [0.2, 0.25) is 0 Å². The Bertz CT molecular complexity index is 631. The highest BCUT2D eigenvalue weighted by molar-refractivity contribution is 5.37. The Morgan fingerprint density at radius 2 is 1.93 bits per heavy atom. The summed E-state index contributed by atoms with van der Waals surface area (Å²) in [6, 6.07) is 6.23. The first-order chi connectivity index (χ1) is 12.7. The molecule has 0 heterocycles. The van der Waals surface area contributed by atoms with E-state index in [1.807, 2.05) is 6.07 Å². The molecule has 0 saturated heterocycles. The first-order valence-electron chi connectivity index (χ1n) is 11.6. The molecule has 1 fully saturated rings. The average molecular weight is 371 g/mol. The Morgan fingerprint density at radius 3 is 2.67 bits per heavy atom. The van der Waals surface area contributed by atoms with Crippen LogP contribution < -0.4 is 0 Å².